The lowest BCUT2D eigenvalue weighted by molar-refractivity contribution is 0.354. The largest absolute Gasteiger partial charge is 0.524 e. The maximum Gasteiger partial charge on any atom is 0.524 e. The Bertz CT molecular complexity index is 246. The van der Waals surface area contributed by atoms with Crippen molar-refractivity contribution in [1.29, 1.82) is 0 Å². The summed E-state index contributed by atoms with van der Waals surface area (Å²) in [6, 6.07) is 12.0. The van der Waals surface area contributed by atoms with Crippen molar-refractivity contribution in [3.05, 3.63) is 48.2 Å². The molecule has 0 saturated carbocycles. The predicted octanol–water partition coefficient (Wildman–Crippen LogP) is 1.76. The van der Waals surface area contributed by atoms with Crippen molar-refractivity contribution in [2.75, 3.05) is 0 Å². The highest BCUT2D eigenvalue weighted by Crippen LogP contribution is 2.08. The maximum atomic E-state index is 11.3. The van der Waals surface area contributed by atoms with Gasteiger partial charge in [0.2, 0.25) is 0 Å². The molecule has 1 rings (SSSR count). The molecule has 0 saturated heterocycles. The number of rotatable bonds is 1. The van der Waals surface area contributed by atoms with Crippen LogP contribution >= 0.6 is 0 Å². The van der Waals surface area contributed by atoms with E-state index in [4.69, 9.17) is 10.0 Å². The molecule has 2 N–H and O–H groups in total. The molecule has 6 heteroatoms. The third-order valence-electron chi connectivity index (χ3n) is 1.07. The summed E-state index contributed by atoms with van der Waals surface area (Å²) in [6.07, 6.45) is -2.71. The van der Waals surface area contributed by atoms with Crippen LogP contribution in [-0.4, -0.2) is 17.2 Å². The molecule has 1 aromatic carbocycles. The highest BCUT2D eigenvalue weighted by molar-refractivity contribution is 6.49. The van der Waals surface area contributed by atoms with Gasteiger partial charge in [0.05, 0.1) is 0 Å². The van der Waals surface area contributed by atoms with Crippen LogP contribution in [0.15, 0.2) is 48.2 Å². The van der Waals surface area contributed by atoms with Gasteiger partial charge in [0.15, 0.2) is 5.73 Å². The van der Waals surface area contributed by atoms with Crippen LogP contribution in [0.3, 0.4) is 0 Å². The molecule has 0 heterocycles. The van der Waals surface area contributed by atoms with E-state index in [1.807, 2.05) is 36.4 Å². The zero-order chi connectivity index (χ0) is 11.0. The fraction of sp³-hybridized carbons (Fsp3) is 0. The van der Waals surface area contributed by atoms with Crippen molar-refractivity contribution in [3.8, 4) is 0 Å². The fourth-order valence-electron chi connectivity index (χ4n) is 0.482. The molecule has 0 atom stereocenters. The Kier molecular flexibility index (Phi) is 6.52. The second kappa shape index (κ2) is 7.17. The van der Waals surface area contributed by atoms with Crippen LogP contribution in [0.2, 0.25) is 0 Å². The minimum Gasteiger partial charge on any atom is -0.422 e. The first-order valence-electron chi connectivity index (χ1n) is 3.62. The summed E-state index contributed by atoms with van der Waals surface area (Å²) in [4.78, 5) is 0. The Labute approximate surface area is 79.5 Å². The highest BCUT2D eigenvalue weighted by atomic mass is 19.3. The lowest BCUT2D eigenvalue weighted by Gasteiger charge is -1.88. The van der Waals surface area contributed by atoms with Gasteiger partial charge in [-0.05, 0) is 0 Å². The molecule has 0 unspecified atom stereocenters. The van der Waals surface area contributed by atoms with Crippen LogP contribution in [0, 0.1) is 0 Å². The van der Waals surface area contributed by atoms with Crippen molar-refractivity contribution in [2.24, 2.45) is 0 Å². The van der Waals surface area contributed by atoms with E-state index in [1.54, 1.807) is 0 Å². The molecule has 76 valence electrons. The second-order valence-electron chi connectivity index (χ2n) is 2.14. The van der Waals surface area contributed by atoms with Gasteiger partial charge in [-0.15, -0.1) is 0 Å². The first-order chi connectivity index (χ1) is 6.55. The van der Waals surface area contributed by atoms with Crippen molar-refractivity contribution >= 4 is 7.12 Å². The lowest BCUT2D eigenvalue weighted by atomic mass is 9.91. The number of hydrogen-bond donors (Lipinski definition) is 2. The third kappa shape index (κ3) is 6.27. The van der Waals surface area contributed by atoms with E-state index in [0.717, 1.165) is 0 Å². The molecule has 14 heavy (non-hydrogen) atoms. The van der Waals surface area contributed by atoms with E-state index in [0.29, 0.717) is 0 Å². The van der Waals surface area contributed by atoms with Gasteiger partial charge < -0.3 is 10.0 Å². The summed E-state index contributed by atoms with van der Waals surface area (Å²) < 4.78 is 33.0. The summed E-state index contributed by atoms with van der Waals surface area (Å²) in [5, 5.41) is 15.3. The molecule has 2 nitrogen and oxygen atoms in total. The van der Waals surface area contributed by atoms with Crippen LogP contribution < -0.4 is 0 Å². The van der Waals surface area contributed by atoms with Crippen LogP contribution in [0.1, 0.15) is 0 Å². The number of halogens is 3. The first-order valence-corrected chi connectivity index (χ1v) is 3.62. The highest BCUT2D eigenvalue weighted by Gasteiger charge is 2.20. The van der Waals surface area contributed by atoms with Crippen molar-refractivity contribution in [3.63, 3.8) is 0 Å². The van der Waals surface area contributed by atoms with Gasteiger partial charge in [0.25, 0.3) is 6.08 Å². The molecular formula is C8H8BF3O2. The lowest BCUT2D eigenvalue weighted by Crippen LogP contribution is -2.12. The fourth-order valence-corrected chi connectivity index (χ4v) is 0.482. The summed E-state index contributed by atoms with van der Waals surface area (Å²) >= 11 is 0. The van der Waals surface area contributed by atoms with Crippen LogP contribution in [0.4, 0.5) is 13.2 Å². The van der Waals surface area contributed by atoms with Crippen LogP contribution in [0.5, 0.6) is 0 Å². The molecule has 0 aliphatic heterocycles. The van der Waals surface area contributed by atoms with E-state index in [2.05, 4.69) is 0 Å². The molecule has 0 spiro atoms. The minimum absolute atomic E-state index is 2.00. The summed E-state index contributed by atoms with van der Waals surface area (Å²) in [5.74, 6) is 0. The molecular weight excluding hydrogens is 196 g/mol. The van der Waals surface area contributed by atoms with E-state index in [1.165, 1.54) is 0 Å². The SMILES string of the molecule is OB(O)C(F)=C(F)F.c1ccccc1. The van der Waals surface area contributed by atoms with Gasteiger partial charge in [-0.25, -0.2) is 4.39 Å². The van der Waals surface area contributed by atoms with Gasteiger partial charge in [0, 0.05) is 0 Å². The Balaban J connectivity index is 0.000000249. The smallest absolute Gasteiger partial charge is 0.422 e. The molecule has 0 aliphatic carbocycles. The Hall–Kier alpha value is -1.27. The second-order valence-corrected chi connectivity index (χ2v) is 2.14. The summed E-state index contributed by atoms with van der Waals surface area (Å²) in [6.45, 7) is 0. The predicted molar refractivity (Wildman–Crippen MR) is 47.0 cm³/mol. The average Bonchev–Trinajstić information content (AvgIpc) is 2.20. The van der Waals surface area contributed by atoms with Crippen LogP contribution in [-0.2, 0) is 0 Å². The zero-order valence-corrected chi connectivity index (χ0v) is 7.07. The molecule has 0 bridgehead atoms. The van der Waals surface area contributed by atoms with Gasteiger partial charge in [-0.3, -0.25) is 0 Å². The molecule has 1 aromatic rings. The van der Waals surface area contributed by atoms with Gasteiger partial charge in [-0.1, -0.05) is 36.4 Å². The van der Waals surface area contributed by atoms with Crippen LogP contribution in [0.25, 0.3) is 0 Å². The Morgan fingerprint density at radius 2 is 1.07 bits per heavy atom. The minimum atomic E-state index is -2.71. The van der Waals surface area contributed by atoms with Gasteiger partial charge in [-0.2, -0.15) is 8.78 Å². The third-order valence-corrected chi connectivity index (χ3v) is 1.07. The molecule has 0 aromatic heterocycles. The monoisotopic (exact) mass is 204 g/mol. The number of benzene rings is 1. The quantitative estimate of drug-likeness (QED) is 0.684. The first kappa shape index (κ1) is 12.7. The molecule has 0 fully saturated rings. The molecule has 0 radical (unpaired) electrons. The van der Waals surface area contributed by atoms with E-state index < -0.39 is 18.9 Å². The average molecular weight is 204 g/mol. The van der Waals surface area contributed by atoms with E-state index in [9.17, 15) is 13.2 Å². The Morgan fingerprint density at radius 1 is 0.786 bits per heavy atom. The zero-order valence-electron chi connectivity index (χ0n) is 7.07. The summed E-state index contributed by atoms with van der Waals surface area (Å²) in [7, 11) is -2.69. The Morgan fingerprint density at radius 3 is 1.14 bits per heavy atom. The van der Waals surface area contributed by atoms with Crippen molar-refractivity contribution in [2.45, 2.75) is 0 Å². The van der Waals surface area contributed by atoms with Gasteiger partial charge in [0.1, 0.15) is 0 Å². The maximum absolute atomic E-state index is 11.3. The van der Waals surface area contributed by atoms with E-state index >= 15 is 0 Å². The summed E-state index contributed by atoms with van der Waals surface area (Å²) in [5.41, 5.74) is -2.20. The van der Waals surface area contributed by atoms with Crippen molar-refractivity contribution < 1.29 is 23.2 Å². The molecule has 0 amide bonds. The van der Waals surface area contributed by atoms with E-state index in [-0.39, 0.29) is 0 Å². The standard InChI is InChI=1S/C6H6.C2H2BF3O2/c1-2-4-6-5-3-1;4-1(2(5)6)3(7)8/h1-6H;7-8H. The normalized spacial score (nSPS) is 8.36. The molecule has 0 aliphatic rings. The van der Waals surface area contributed by atoms with Gasteiger partial charge >= 0.3 is 7.12 Å². The number of hydrogen-bond acceptors (Lipinski definition) is 2. The topological polar surface area (TPSA) is 40.5 Å². The van der Waals surface area contributed by atoms with Crippen molar-refractivity contribution in [1.82, 2.24) is 0 Å².